The Morgan fingerprint density at radius 3 is 2.84 bits per heavy atom. The summed E-state index contributed by atoms with van der Waals surface area (Å²) in [6.45, 7) is 3.37. The van der Waals surface area contributed by atoms with E-state index in [1.165, 1.54) is 0 Å². The van der Waals surface area contributed by atoms with Crippen molar-refractivity contribution in [3.05, 3.63) is 23.9 Å². The number of amides is 1. The van der Waals surface area contributed by atoms with Crippen LogP contribution in [-0.4, -0.2) is 46.6 Å². The van der Waals surface area contributed by atoms with Crippen LogP contribution >= 0.6 is 0 Å². The molecule has 0 unspecified atom stereocenters. The van der Waals surface area contributed by atoms with Crippen LogP contribution in [-0.2, 0) is 0 Å². The van der Waals surface area contributed by atoms with E-state index in [1.807, 2.05) is 6.07 Å². The minimum absolute atomic E-state index is 0.00576. The van der Waals surface area contributed by atoms with E-state index in [2.05, 4.69) is 17.2 Å². The molecule has 5 nitrogen and oxygen atoms in total. The monoisotopic (exact) mass is 263 g/mol. The maximum absolute atomic E-state index is 12.3. The fourth-order valence-corrected chi connectivity index (χ4v) is 1.99. The molecule has 5 heteroatoms. The predicted octanol–water partition coefficient (Wildman–Crippen LogP) is 1.50. The highest BCUT2D eigenvalue weighted by Crippen LogP contribution is 2.27. The number of pyridine rings is 1. The van der Waals surface area contributed by atoms with E-state index in [4.69, 9.17) is 5.11 Å². The van der Waals surface area contributed by atoms with E-state index < -0.39 is 0 Å². The van der Waals surface area contributed by atoms with Crippen LogP contribution in [0.2, 0.25) is 0 Å². The fourth-order valence-electron chi connectivity index (χ4n) is 1.99. The van der Waals surface area contributed by atoms with E-state index >= 15 is 0 Å². The molecule has 1 fully saturated rings. The van der Waals surface area contributed by atoms with Crippen LogP contribution in [0.4, 0.5) is 5.82 Å². The molecule has 1 aliphatic carbocycles. The molecule has 0 bridgehead atoms. The zero-order valence-electron chi connectivity index (χ0n) is 11.3. The molecular weight excluding hydrogens is 242 g/mol. The smallest absolute Gasteiger partial charge is 0.255 e. The van der Waals surface area contributed by atoms with Gasteiger partial charge >= 0.3 is 0 Å². The Bertz CT molecular complexity index is 415. The van der Waals surface area contributed by atoms with Gasteiger partial charge in [0.2, 0.25) is 0 Å². The lowest BCUT2D eigenvalue weighted by Crippen LogP contribution is -2.35. The van der Waals surface area contributed by atoms with Gasteiger partial charge in [-0.15, -0.1) is 0 Å². The van der Waals surface area contributed by atoms with Crippen molar-refractivity contribution >= 4 is 11.7 Å². The predicted molar refractivity (Wildman–Crippen MR) is 74.2 cm³/mol. The Balaban J connectivity index is 2.01. The summed E-state index contributed by atoms with van der Waals surface area (Å²) < 4.78 is 0. The lowest BCUT2D eigenvalue weighted by molar-refractivity contribution is 0.0707. The van der Waals surface area contributed by atoms with Crippen molar-refractivity contribution in [2.45, 2.75) is 32.2 Å². The van der Waals surface area contributed by atoms with Crippen molar-refractivity contribution in [1.29, 1.82) is 0 Å². The molecule has 0 atom stereocenters. The van der Waals surface area contributed by atoms with Crippen LogP contribution < -0.4 is 5.32 Å². The van der Waals surface area contributed by atoms with Crippen LogP contribution in [0.15, 0.2) is 18.3 Å². The topological polar surface area (TPSA) is 65.5 Å². The number of nitrogens with one attached hydrogen (secondary N) is 1. The Morgan fingerprint density at radius 2 is 2.32 bits per heavy atom. The summed E-state index contributed by atoms with van der Waals surface area (Å²) in [5.74, 6) is 0.754. The molecule has 1 aromatic heterocycles. The Hall–Kier alpha value is -1.62. The van der Waals surface area contributed by atoms with Gasteiger partial charge < -0.3 is 15.3 Å². The number of rotatable bonds is 7. The number of hydrogen-bond acceptors (Lipinski definition) is 4. The summed E-state index contributed by atoms with van der Waals surface area (Å²) in [6, 6.07) is 3.92. The quantitative estimate of drug-likeness (QED) is 0.782. The van der Waals surface area contributed by atoms with Crippen LogP contribution in [0.3, 0.4) is 0 Å². The van der Waals surface area contributed by atoms with Gasteiger partial charge in [-0.25, -0.2) is 4.98 Å². The summed E-state index contributed by atoms with van der Waals surface area (Å²) in [4.78, 5) is 18.3. The van der Waals surface area contributed by atoms with Gasteiger partial charge in [0.25, 0.3) is 5.91 Å². The van der Waals surface area contributed by atoms with Crippen molar-refractivity contribution in [3.8, 4) is 0 Å². The Morgan fingerprint density at radius 1 is 1.53 bits per heavy atom. The second-order valence-electron chi connectivity index (χ2n) is 4.81. The zero-order valence-corrected chi connectivity index (χ0v) is 11.3. The fraction of sp³-hybridized carbons (Fsp3) is 0.571. The van der Waals surface area contributed by atoms with Crippen molar-refractivity contribution in [1.82, 2.24) is 9.88 Å². The minimum atomic E-state index is -0.0360. The summed E-state index contributed by atoms with van der Waals surface area (Å²) in [5.41, 5.74) is 0.586. The van der Waals surface area contributed by atoms with Gasteiger partial charge in [-0.05, 0) is 31.4 Å². The molecule has 2 rings (SSSR count). The number of anilines is 1. The Labute approximate surface area is 113 Å². The van der Waals surface area contributed by atoms with Gasteiger partial charge in [0.05, 0.1) is 12.2 Å². The first kappa shape index (κ1) is 13.8. The number of nitrogens with zero attached hydrogens (tertiary/aromatic N) is 2. The van der Waals surface area contributed by atoms with Crippen molar-refractivity contribution in [3.63, 3.8) is 0 Å². The van der Waals surface area contributed by atoms with Gasteiger partial charge in [-0.1, -0.05) is 6.92 Å². The summed E-state index contributed by atoms with van der Waals surface area (Å²) >= 11 is 0. The largest absolute Gasteiger partial charge is 0.395 e. The van der Waals surface area contributed by atoms with Crippen molar-refractivity contribution in [2.75, 3.05) is 25.0 Å². The van der Waals surface area contributed by atoms with Gasteiger partial charge in [-0.3, -0.25) is 4.79 Å². The average molecular weight is 263 g/mol. The third kappa shape index (κ3) is 3.67. The van der Waals surface area contributed by atoms with Gasteiger partial charge in [-0.2, -0.15) is 0 Å². The molecule has 1 aliphatic rings. The standard InChI is InChI=1S/C14H21N3O2/c1-2-7-15-13-6-3-11(10-16-13)14(19)17(8-9-18)12-4-5-12/h3,6,10,12,18H,2,4-5,7-9H2,1H3,(H,15,16). The first-order valence-corrected chi connectivity index (χ1v) is 6.88. The molecule has 0 saturated heterocycles. The lowest BCUT2D eigenvalue weighted by atomic mass is 10.2. The molecule has 0 spiro atoms. The average Bonchev–Trinajstić information content (AvgIpc) is 3.27. The summed E-state index contributed by atoms with van der Waals surface area (Å²) in [7, 11) is 0. The highest BCUT2D eigenvalue weighted by atomic mass is 16.3. The van der Waals surface area contributed by atoms with Crippen LogP contribution in [0.1, 0.15) is 36.5 Å². The highest BCUT2D eigenvalue weighted by Gasteiger charge is 2.32. The molecule has 0 radical (unpaired) electrons. The highest BCUT2D eigenvalue weighted by molar-refractivity contribution is 5.94. The molecule has 1 heterocycles. The van der Waals surface area contributed by atoms with E-state index in [1.54, 1.807) is 17.2 Å². The third-order valence-corrected chi connectivity index (χ3v) is 3.16. The zero-order chi connectivity index (χ0) is 13.7. The van der Waals surface area contributed by atoms with E-state index in [-0.39, 0.29) is 12.5 Å². The van der Waals surface area contributed by atoms with E-state index in [0.717, 1.165) is 31.6 Å². The van der Waals surface area contributed by atoms with Crippen molar-refractivity contribution < 1.29 is 9.90 Å². The molecule has 104 valence electrons. The van der Waals surface area contributed by atoms with Gasteiger partial charge in [0, 0.05) is 25.3 Å². The SMILES string of the molecule is CCCNc1ccc(C(=O)N(CCO)C2CC2)cn1. The summed E-state index contributed by atoms with van der Waals surface area (Å²) in [5, 5.41) is 12.2. The first-order valence-electron chi connectivity index (χ1n) is 6.88. The lowest BCUT2D eigenvalue weighted by Gasteiger charge is -2.21. The van der Waals surface area contributed by atoms with E-state index in [9.17, 15) is 4.79 Å². The molecule has 1 saturated carbocycles. The van der Waals surface area contributed by atoms with Crippen LogP contribution in [0, 0.1) is 0 Å². The molecule has 2 N–H and O–H groups in total. The Kier molecular flexibility index (Phi) is 4.74. The number of aromatic nitrogens is 1. The number of aliphatic hydroxyl groups excluding tert-OH is 1. The van der Waals surface area contributed by atoms with Crippen LogP contribution in [0.5, 0.6) is 0 Å². The molecule has 19 heavy (non-hydrogen) atoms. The van der Waals surface area contributed by atoms with Gasteiger partial charge in [0.15, 0.2) is 0 Å². The molecular formula is C14H21N3O2. The molecule has 1 aromatic rings. The molecule has 1 amide bonds. The summed E-state index contributed by atoms with van der Waals surface area (Å²) in [6.07, 6.45) is 4.71. The maximum atomic E-state index is 12.3. The molecule has 0 aromatic carbocycles. The third-order valence-electron chi connectivity index (χ3n) is 3.16. The molecule has 0 aliphatic heterocycles. The number of aliphatic hydroxyl groups is 1. The van der Waals surface area contributed by atoms with E-state index in [0.29, 0.717) is 18.2 Å². The second kappa shape index (κ2) is 6.52. The number of carbonyl (C=O) groups excluding carboxylic acids is 1. The minimum Gasteiger partial charge on any atom is -0.395 e. The van der Waals surface area contributed by atoms with Gasteiger partial charge in [0.1, 0.15) is 5.82 Å². The van der Waals surface area contributed by atoms with Crippen molar-refractivity contribution in [2.24, 2.45) is 0 Å². The maximum Gasteiger partial charge on any atom is 0.255 e. The first-order chi connectivity index (χ1) is 9.26. The number of carbonyl (C=O) groups is 1. The van der Waals surface area contributed by atoms with Crippen LogP contribution in [0.25, 0.3) is 0 Å². The second-order valence-corrected chi connectivity index (χ2v) is 4.81. The number of hydrogen-bond donors (Lipinski definition) is 2. The normalized spacial score (nSPS) is 14.2.